The predicted molar refractivity (Wildman–Crippen MR) is 44.6 cm³/mol. The van der Waals surface area contributed by atoms with E-state index in [9.17, 15) is 4.79 Å². The van der Waals surface area contributed by atoms with Crippen LogP contribution in [0.5, 0.6) is 0 Å². The SMILES string of the molecule is CNC(=O)CCNC(CO)CO. The van der Waals surface area contributed by atoms with Crippen LogP contribution in [0.15, 0.2) is 0 Å². The normalized spacial score (nSPS) is 10.3. The fraction of sp³-hybridized carbons (Fsp3) is 0.857. The van der Waals surface area contributed by atoms with Crippen LogP contribution in [-0.4, -0.2) is 49.0 Å². The van der Waals surface area contributed by atoms with Crippen LogP contribution in [0, 0.1) is 0 Å². The van der Waals surface area contributed by atoms with E-state index in [1.165, 1.54) is 0 Å². The van der Waals surface area contributed by atoms with Crippen molar-refractivity contribution >= 4 is 5.91 Å². The van der Waals surface area contributed by atoms with Crippen LogP contribution in [0.25, 0.3) is 0 Å². The molecule has 5 heteroatoms. The zero-order valence-electron chi connectivity index (χ0n) is 7.21. The smallest absolute Gasteiger partial charge is 0.221 e. The van der Waals surface area contributed by atoms with E-state index in [0.717, 1.165) is 0 Å². The van der Waals surface area contributed by atoms with Gasteiger partial charge in [0.05, 0.1) is 19.3 Å². The molecule has 1 amide bonds. The van der Waals surface area contributed by atoms with Crippen molar-refractivity contribution in [3.63, 3.8) is 0 Å². The van der Waals surface area contributed by atoms with Gasteiger partial charge in [-0.1, -0.05) is 0 Å². The van der Waals surface area contributed by atoms with Gasteiger partial charge in [-0.25, -0.2) is 0 Å². The lowest BCUT2D eigenvalue weighted by molar-refractivity contribution is -0.120. The van der Waals surface area contributed by atoms with Crippen LogP contribution < -0.4 is 10.6 Å². The van der Waals surface area contributed by atoms with Crippen molar-refractivity contribution in [2.45, 2.75) is 12.5 Å². The number of carbonyl (C=O) groups is 1. The number of aliphatic hydroxyl groups is 2. The standard InChI is InChI=1S/C7H16N2O3/c1-8-7(12)2-3-9-6(4-10)5-11/h6,9-11H,2-5H2,1H3,(H,8,12). The largest absolute Gasteiger partial charge is 0.395 e. The summed E-state index contributed by atoms with van der Waals surface area (Å²) in [6, 6.07) is -0.324. The maximum Gasteiger partial charge on any atom is 0.221 e. The highest BCUT2D eigenvalue weighted by Crippen LogP contribution is 1.81. The van der Waals surface area contributed by atoms with E-state index in [2.05, 4.69) is 10.6 Å². The Bertz CT molecular complexity index is 126. The second-order valence-electron chi connectivity index (χ2n) is 2.44. The molecule has 0 aliphatic rings. The molecule has 0 aromatic heterocycles. The summed E-state index contributed by atoms with van der Waals surface area (Å²) in [5.41, 5.74) is 0. The Morgan fingerprint density at radius 3 is 2.42 bits per heavy atom. The highest BCUT2D eigenvalue weighted by Gasteiger charge is 2.04. The van der Waals surface area contributed by atoms with E-state index in [4.69, 9.17) is 10.2 Å². The van der Waals surface area contributed by atoms with Crippen molar-refractivity contribution in [2.75, 3.05) is 26.8 Å². The highest BCUT2D eigenvalue weighted by atomic mass is 16.3. The van der Waals surface area contributed by atoms with E-state index in [-0.39, 0.29) is 25.2 Å². The second kappa shape index (κ2) is 7.02. The number of rotatable bonds is 6. The minimum Gasteiger partial charge on any atom is -0.395 e. The zero-order chi connectivity index (χ0) is 9.40. The summed E-state index contributed by atoms with van der Waals surface area (Å²) in [6.45, 7) is 0.222. The summed E-state index contributed by atoms with van der Waals surface area (Å²) in [6.07, 6.45) is 0.354. The zero-order valence-corrected chi connectivity index (χ0v) is 7.21. The minimum absolute atomic E-state index is 0.0582. The first-order valence-electron chi connectivity index (χ1n) is 3.90. The molecule has 0 fully saturated rings. The van der Waals surface area contributed by atoms with Crippen molar-refractivity contribution < 1.29 is 15.0 Å². The van der Waals surface area contributed by atoms with E-state index < -0.39 is 0 Å². The molecule has 5 nitrogen and oxygen atoms in total. The Hall–Kier alpha value is -0.650. The fourth-order valence-corrected chi connectivity index (χ4v) is 0.702. The van der Waals surface area contributed by atoms with Crippen molar-refractivity contribution in [3.8, 4) is 0 Å². The van der Waals surface area contributed by atoms with Gasteiger partial charge in [0.25, 0.3) is 0 Å². The summed E-state index contributed by atoms with van der Waals surface area (Å²) < 4.78 is 0. The van der Waals surface area contributed by atoms with Gasteiger partial charge in [0.15, 0.2) is 0 Å². The summed E-state index contributed by atoms with van der Waals surface area (Å²) in [4.78, 5) is 10.7. The first-order valence-corrected chi connectivity index (χ1v) is 3.90. The van der Waals surface area contributed by atoms with Gasteiger partial charge in [-0.15, -0.1) is 0 Å². The molecule has 0 atom stereocenters. The number of aliphatic hydroxyl groups excluding tert-OH is 2. The molecule has 0 aliphatic heterocycles. The first-order chi connectivity index (χ1) is 5.74. The third kappa shape index (κ3) is 5.06. The summed E-state index contributed by atoms with van der Waals surface area (Å²) >= 11 is 0. The van der Waals surface area contributed by atoms with Gasteiger partial charge < -0.3 is 20.8 Å². The van der Waals surface area contributed by atoms with Crippen molar-refractivity contribution in [2.24, 2.45) is 0 Å². The lowest BCUT2D eigenvalue weighted by Crippen LogP contribution is -2.37. The average molecular weight is 176 g/mol. The molecule has 0 spiro atoms. The van der Waals surface area contributed by atoms with Crippen LogP contribution in [-0.2, 0) is 4.79 Å². The monoisotopic (exact) mass is 176 g/mol. The van der Waals surface area contributed by atoms with Gasteiger partial charge in [-0.05, 0) is 0 Å². The van der Waals surface area contributed by atoms with Crippen LogP contribution in [0.3, 0.4) is 0 Å². The Kier molecular flexibility index (Phi) is 6.64. The molecule has 0 radical (unpaired) electrons. The maximum atomic E-state index is 10.7. The molecule has 0 aromatic carbocycles. The topological polar surface area (TPSA) is 81.6 Å². The third-order valence-electron chi connectivity index (χ3n) is 1.50. The van der Waals surface area contributed by atoms with E-state index in [0.29, 0.717) is 13.0 Å². The molecule has 72 valence electrons. The molecule has 0 saturated carbocycles. The van der Waals surface area contributed by atoms with Gasteiger partial charge in [0.2, 0.25) is 5.91 Å². The lowest BCUT2D eigenvalue weighted by atomic mass is 10.3. The molecule has 0 saturated heterocycles. The minimum atomic E-state index is -0.324. The molecular weight excluding hydrogens is 160 g/mol. The van der Waals surface area contributed by atoms with Crippen molar-refractivity contribution in [3.05, 3.63) is 0 Å². The van der Waals surface area contributed by atoms with Crippen molar-refractivity contribution in [1.82, 2.24) is 10.6 Å². The Balaban J connectivity index is 3.34. The number of hydrogen-bond donors (Lipinski definition) is 4. The second-order valence-corrected chi connectivity index (χ2v) is 2.44. The Morgan fingerprint density at radius 1 is 1.42 bits per heavy atom. The molecular formula is C7H16N2O3. The molecule has 0 bridgehead atoms. The number of nitrogens with one attached hydrogen (secondary N) is 2. The fourth-order valence-electron chi connectivity index (χ4n) is 0.702. The van der Waals surface area contributed by atoms with E-state index >= 15 is 0 Å². The average Bonchev–Trinajstić information content (AvgIpc) is 2.12. The Morgan fingerprint density at radius 2 is 2.00 bits per heavy atom. The van der Waals surface area contributed by atoms with Gasteiger partial charge in [-0.3, -0.25) is 4.79 Å². The van der Waals surface area contributed by atoms with Crippen LogP contribution >= 0.6 is 0 Å². The Labute approximate surface area is 71.8 Å². The van der Waals surface area contributed by atoms with E-state index in [1.807, 2.05) is 0 Å². The lowest BCUT2D eigenvalue weighted by Gasteiger charge is -2.12. The molecule has 0 rings (SSSR count). The summed E-state index contributed by atoms with van der Waals surface area (Å²) in [5.74, 6) is -0.0582. The van der Waals surface area contributed by atoms with Crippen LogP contribution in [0.2, 0.25) is 0 Å². The van der Waals surface area contributed by atoms with Gasteiger partial charge >= 0.3 is 0 Å². The maximum absolute atomic E-state index is 10.7. The molecule has 0 unspecified atom stereocenters. The summed E-state index contributed by atoms with van der Waals surface area (Å²) in [5, 5.41) is 22.5. The van der Waals surface area contributed by atoms with E-state index in [1.54, 1.807) is 7.05 Å². The highest BCUT2D eigenvalue weighted by molar-refractivity contribution is 5.75. The molecule has 0 aromatic rings. The van der Waals surface area contributed by atoms with Crippen LogP contribution in [0.1, 0.15) is 6.42 Å². The van der Waals surface area contributed by atoms with Gasteiger partial charge in [0.1, 0.15) is 0 Å². The molecule has 0 heterocycles. The predicted octanol–water partition coefficient (Wildman–Crippen LogP) is -1.93. The summed E-state index contributed by atoms with van der Waals surface area (Å²) in [7, 11) is 1.57. The van der Waals surface area contributed by atoms with Crippen molar-refractivity contribution in [1.29, 1.82) is 0 Å². The molecule has 0 aliphatic carbocycles. The van der Waals surface area contributed by atoms with Crippen LogP contribution in [0.4, 0.5) is 0 Å². The quantitative estimate of drug-likeness (QED) is 0.380. The molecule has 4 N–H and O–H groups in total. The first kappa shape index (κ1) is 11.4. The number of hydrogen-bond acceptors (Lipinski definition) is 4. The molecule has 12 heavy (non-hydrogen) atoms. The van der Waals surface area contributed by atoms with Gasteiger partial charge in [-0.2, -0.15) is 0 Å². The number of amides is 1. The number of carbonyl (C=O) groups excluding carboxylic acids is 1. The third-order valence-corrected chi connectivity index (χ3v) is 1.50. The van der Waals surface area contributed by atoms with Gasteiger partial charge in [0, 0.05) is 20.0 Å².